The van der Waals surface area contributed by atoms with Crippen LogP contribution in [0.4, 0.5) is 0 Å². The summed E-state index contributed by atoms with van der Waals surface area (Å²) < 4.78 is 24.5. The molecule has 0 aliphatic rings. The molecule has 0 aromatic carbocycles. The maximum absolute atomic E-state index is 12.1. The highest BCUT2D eigenvalue weighted by atomic mass is 127. The van der Waals surface area contributed by atoms with Crippen LogP contribution in [-0.2, 0) is 16.4 Å². The van der Waals surface area contributed by atoms with Crippen LogP contribution in [0.2, 0.25) is 0 Å². The smallest absolute Gasteiger partial charge is 0.191 e. The Morgan fingerprint density at radius 1 is 1.24 bits per heavy atom. The molecule has 10 heteroatoms. The van der Waals surface area contributed by atoms with Gasteiger partial charge in [0.2, 0.25) is 0 Å². The van der Waals surface area contributed by atoms with Crippen molar-refractivity contribution in [3.8, 4) is 0 Å². The number of guanidine groups is 1. The Morgan fingerprint density at radius 3 is 2.56 bits per heavy atom. The first kappa shape index (κ1) is 22.4. The lowest BCUT2D eigenvalue weighted by Crippen LogP contribution is -2.42. The lowest BCUT2D eigenvalue weighted by Gasteiger charge is -2.15. The third-order valence-electron chi connectivity index (χ3n) is 3.04. The monoisotopic (exact) mass is 515 g/mol. The largest absolute Gasteiger partial charge is 0.390 e. The molecule has 2 aromatic heterocycles. The maximum atomic E-state index is 12.1. The zero-order valence-corrected chi connectivity index (χ0v) is 18.5. The molecule has 140 valence electrons. The normalized spacial score (nSPS) is 13.1. The second-order valence-corrected chi connectivity index (χ2v) is 9.26. The minimum absolute atomic E-state index is 0. The Balaban J connectivity index is 0.00000312. The van der Waals surface area contributed by atoms with E-state index in [1.807, 2.05) is 24.4 Å². The van der Waals surface area contributed by atoms with Crippen LogP contribution in [0.25, 0.3) is 0 Å². The average molecular weight is 515 g/mol. The molecule has 0 saturated carbocycles. The van der Waals surface area contributed by atoms with E-state index < -0.39 is 15.9 Å². The molecule has 0 fully saturated rings. The third kappa shape index (κ3) is 7.60. The van der Waals surface area contributed by atoms with Gasteiger partial charge >= 0.3 is 0 Å². The summed E-state index contributed by atoms with van der Waals surface area (Å²) >= 11 is 2.78. The number of rotatable bonds is 8. The molecule has 1 unspecified atom stereocenters. The van der Waals surface area contributed by atoms with Crippen LogP contribution < -0.4 is 10.6 Å². The molecule has 2 aromatic rings. The van der Waals surface area contributed by atoms with Crippen LogP contribution in [0.1, 0.15) is 11.8 Å². The third-order valence-corrected chi connectivity index (χ3v) is 7.18. The molecule has 2 heterocycles. The zero-order chi connectivity index (χ0) is 17.4. The van der Waals surface area contributed by atoms with E-state index in [0.29, 0.717) is 19.0 Å². The van der Waals surface area contributed by atoms with Crippen LogP contribution in [0.5, 0.6) is 0 Å². The molecule has 25 heavy (non-hydrogen) atoms. The number of hydrogen-bond donors (Lipinski definition) is 3. The SMILES string of the molecule is CCNC(=NCc1cccs1)NCC(O)CS(=O)(=O)c1cccs1.I. The van der Waals surface area contributed by atoms with Crippen molar-refractivity contribution >= 4 is 62.4 Å². The van der Waals surface area contributed by atoms with Gasteiger partial charge in [-0.2, -0.15) is 0 Å². The Labute approximate surface area is 173 Å². The van der Waals surface area contributed by atoms with E-state index in [-0.39, 0.29) is 40.5 Å². The Hall–Kier alpha value is -0.690. The van der Waals surface area contributed by atoms with E-state index in [1.54, 1.807) is 28.8 Å². The lowest BCUT2D eigenvalue weighted by atomic mass is 10.4. The number of nitrogens with zero attached hydrogens (tertiary/aromatic N) is 1. The van der Waals surface area contributed by atoms with Gasteiger partial charge in [0.25, 0.3) is 0 Å². The first-order chi connectivity index (χ1) is 11.5. The van der Waals surface area contributed by atoms with Gasteiger partial charge in [-0.1, -0.05) is 12.1 Å². The Kier molecular flexibility index (Phi) is 9.94. The topological polar surface area (TPSA) is 90.8 Å². The summed E-state index contributed by atoms with van der Waals surface area (Å²) in [6.45, 7) is 3.28. The fourth-order valence-corrected chi connectivity index (χ4v) is 5.06. The molecule has 6 nitrogen and oxygen atoms in total. The number of aliphatic hydroxyl groups is 1. The average Bonchev–Trinajstić information content (AvgIpc) is 3.22. The second-order valence-electron chi connectivity index (χ2n) is 5.02. The molecule has 2 rings (SSSR count). The number of sulfone groups is 1. The van der Waals surface area contributed by atoms with E-state index in [1.165, 1.54) is 0 Å². The number of aliphatic imine (C=N–C) groups is 1. The highest BCUT2D eigenvalue weighted by Gasteiger charge is 2.20. The minimum atomic E-state index is -3.45. The molecule has 1 atom stereocenters. The van der Waals surface area contributed by atoms with E-state index in [4.69, 9.17) is 0 Å². The minimum Gasteiger partial charge on any atom is -0.390 e. The van der Waals surface area contributed by atoms with Gasteiger partial charge in [-0.15, -0.1) is 46.7 Å². The zero-order valence-electron chi connectivity index (χ0n) is 13.7. The van der Waals surface area contributed by atoms with Crippen molar-refractivity contribution < 1.29 is 13.5 Å². The van der Waals surface area contributed by atoms with Crippen LogP contribution in [-0.4, -0.2) is 44.4 Å². The van der Waals surface area contributed by atoms with Crippen LogP contribution >= 0.6 is 46.7 Å². The highest BCUT2D eigenvalue weighted by molar-refractivity contribution is 14.0. The van der Waals surface area contributed by atoms with E-state index in [2.05, 4.69) is 15.6 Å². The number of thiophene rings is 2. The van der Waals surface area contributed by atoms with Gasteiger partial charge in [-0.05, 0) is 29.8 Å². The van der Waals surface area contributed by atoms with E-state index >= 15 is 0 Å². The van der Waals surface area contributed by atoms with E-state index in [0.717, 1.165) is 16.2 Å². The van der Waals surface area contributed by atoms with Gasteiger partial charge in [0.05, 0.1) is 18.4 Å². The molecule has 0 saturated heterocycles. The number of hydrogen-bond acceptors (Lipinski definition) is 6. The molecule has 0 bridgehead atoms. The van der Waals surface area contributed by atoms with Gasteiger partial charge in [-0.25, -0.2) is 13.4 Å². The van der Waals surface area contributed by atoms with Crippen molar-refractivity contribution in [2.75, 3.05) is 18.8 Å². The molecular weight excluding hydrogens is 493 g/mol. The summed E-state index contributed by atoms with van der Waals surface area (Å²) in [4.78, 5) is 5.55. The lowest BCUT2D eigenvalue weighted by molar-refractivity contribution is 0.200. The summed E-state index contributed by atoms with van der Waals surface area (Å²) in [6, 6.07) is 7.20. The summed E-state index contributed by atoms with van der Waals surface area (Å²) in [5.41, 5.74) is 0. The Morgan fingerprint density at radius 2 is 1.96 bits per heavy atom. The van der Waals surface area contributed by atoms with Gasteiger partial charge in [0.1, 0.15) is 4.21 Å². The van der Waals surface area contributed by atoms with Gasteiger partial charge in [0.15, 0.2) is 15.8 Å². The number of aliphatic hydroxyl groups excluding tert-OH is 1. The van der Waals surface area contributed by atoms with Crippen LogP contribution in [0, 0.1) is 0 Å². The Bertz CT molecular complexity index is 731. The molecule has 0 amide bonds. The van der Waals surface area contributed by atoms with Gasteiger partial charge < -0.3 is 15.7 Å². The first-order valence-electron chi connectivity index (χ1n) is 7.50. The molecule has 0 spiro atoms. The summed E-state index contributed by atoms with van der Waals surface area (Å²) in [7, 11) is -3.45. The quantitative estimate of drug-likeness (QED) is 0.285. The van der Waals surface area contributed by atoms with Crippen LogP contribution in [0.15, 0.2) is 44.2 Å². The first-order valence-corrected chi connectivity index (χ1v) is 10.9. The van der Waals surface area contributed by atoms with Crippen molar-refractivity contribution in [1.82, 2.24) is 10.6 Å². The van der Waals surface area contributed by atoms with Crippen LogP contribution in [0.3, 0.4) is 0 Å². The van der Waals surface area contributed by atoms with Crippen molar-refractivity contribution in [2.45, 2.75) is 23.8 Å². The predicted octanol–water partition coefficient (Wildman–Crippen LogP) is 2.32. The second kappa shape index (κ2) is 11.1. The van der Waals surface area contributed by atoms with Crippen molar-refractivity contribution in [3.05, 3.63) is 39.9 Å². The fourth-order valence-electron chi connectivity index (χ4n) is 1.95. The summed E-state index contributed by atoms with van der Waals surface area (Å²) in [5.74, 6) is 0.240. The molecular formula is C15H22IN3O3S3. The maximum Gasteiger partial charge on any atom is 0.191 e. The fraction of sp³-hybridized carbons (Fsp3) is 0.400. The van der Waals surface area contributed by atoms with Crippen molar-refractivity contribution in [2.24, 2.45) is 4.99 Å². The van der Waals surface area contributed by atoms with Gasteiger partial charge in [0, 0.05) is 18.0 Å². The highest BCUT2D eigenvalue weighted by Crippen LogP contribution is 2.18. The standard InChI is InChI=1S/C15H21N3O3S3.HI/c1-2-16-15(18-10-13-5-3-7-22-13)17-9-12(19)11-24(20,21)14-6-4-8-23-14;/h3-8,12,19H,2,9-11H2,1H3,(H2,16,17,18);1H. The molecule has 3 N–H and O–H groups in total. The number of halogens is 1. The molecule has 0 radical (unpaired) electrons. The molecule has 0 aliphatic carbocycles. The molecule has 0 aliphatic heterocycles. The van der Waals surface area contributed by atoms with Gasteiger partial charge in [-0.3, -0.25) is 0 Å². The van der Waals surface area contributed by atoms with Crippen molar-refractivity contribution in [1.29, 1.82) is 0 Å². The summed E-state index contributed by atoms with van der Waals surface area (Å²) in [5, 5.41) is 19.8. The number of nitrogens with one attached hydrogen (secondary N) is 2. The predicted molar refractivity (Wildman–Crippen MR) is 115 cm³/mol. The van der Waals surface area contributed by atoms with E-state index in [9.17, 15) is 13.5 Å². The summed E-state index contributed by atoms with van der Waals surface area (Å²) in [6.07, 6.45) is -1.01. The van der Waals surface area contributed by atoms with Crippen molar-refractivity contribution in [3.63, 3.8) is 0 Å².